The number of aromatic nitrogens is 2. The van der Waals surface area contributed by atoms with E-state index in [1.165, 1.54) is 6.20 Å². The van der Waals surface area contributed by atoms with E-state index in [0.29, 0.717) is 25.5 Å². The SMILES string of the molecule is O=C1CCCN1Cc1ccc(CNc2ncc([N+](=O)[O-])c(NC3CC3)n2)cc1. The van der Waals surface area contributed by atoms with Gasteiger partial charge >= 0.3 is 5.69 Å². The number of nitrogens with one attached hydrogen (secondary N) is 2. The third kappa shape index (κ3) is 4.36. The van der Waals surface area contributed by atoms with Crippen LogP contribution >= 0.6 is 0 Å². The minimum absolute atomic E-state index is 0.113. The quantitative estimate of drug-likeness (QED) is 0.533. The average Bonchev–Trinajstić information content (AvgIpc) is 3.41. The summed E-state index contributed by atoms with van der Waals surface area (Å²) in [6, 6.07) is 8.28. The number of benzene rings is 1. The van der Waals surface area contributed by atoms with Crippen LogP contribution in [-0.2, 0) is 17.9 Å². The Morgan fingerprint density at radius 2 is 1.96 bits per heavy atom. The first-order chi connectivity index (χ1) is 13.6. The average molecular weight is 382 g/mol. The molecular weight excluding hydrogens is 360 g/mol. The van der Waals surface area contributed by atoms with Gasteiger partial charge < -0.3 is 15.5 Å². The van der Waals surface area contributed by atoms with E-state index in [2.05, 4.69) is 20.6 Å². The minimum atomic E-state index is -0.474. The molecule has 2 fully saturated rings. The normalized spacial score (nSPS) is 16.3. The highest BCUT2D eigenvalue weighted by molar-refractivity contribution is 5.78. The summed E-state index contributed by atoms with van der Waals surface area (Å²) in [6.07, 6.45) is 4.82. The van der Waals surface area contributed by atoms with Gasteiger partial charge in [0.2, 0.25) is 17.7 Å². The van der Waals surface area contributed by atoms with E-state index in [0.717, 1.165) is 36.9 Å². The van der Waals surface area contributed by atoms with Gasteiger partial charge in [0.1, 0.15) is 6.20 Å². The monoisotopic (exact) mass is 382 g/mol. The van der Waals surface area contributed by atoms with Crippen molar-refractivity contribution in [2.24, 2.45) is 0 Å². The largest absolute Gasteiger partial charge is 0.361 e. The van der Waals surface area contributed by atoms with E-state index >= 15 is 0 Å². The van der Waals surface area contributed by atoms with E-state index in [4.69, 9.17) is 0 Å². The van der Waals surface area contributed by atoms with Crippen LogP contribution in [0.1, 0.15) is 36.8 Å². The second-order valence-electron chi connectivity index (χ2n) is 7.19. The zero-order valence-corrected chi connectivity index (χ0v) is 15.4. The molecule has 4 rings (SSSR count). The molecule has 1 aromatic heterocycles. The fraction of sp³-hybridized carbons (Fsp3) is 0.421. The van der Waals surface area contributed by atoms with Crippen molar-refractivity contribution in [3.8, 4) is 0 Å². The summed E-state index contributed by atoms with van der Waals surface area (Å²) in [7, 11) is 0. The molecule has 1 aromatic carbocycles. The highest BCUT2D eigenvalue weighted by Crippen LogP contribution is 2.29. The Bertz CT molecular complexity index is 882. The number of hydrogen-bond donors (Lipinski definition) is 2. The molecule has 1 aliphatic heterocycles. The van der Waals surface area contributed by atoms with Crippen LogP contribution < -0.4 is 10.6 Å². The summed E-state index contributed by atoms with van der Waals surface area (Å²) in [4.78, 5) is 32.6. The Morgan fingerprint density at radius 3 is 2.61 bits per heavy atom. The molecule has 146 valence electrons. The lowest BCUT2D eigenvalue weighted by Crippen LogP contribution is -2.23. The molecule has 0 bridgehead atoms. The minimum Gasteiger partial charge on any atom is -0.361 e. The third-order valence-corrected chi connectivity index (χ3v) is 4.90. The number of nitrogens with zero attached hydrogens (tertiary/aromatic N) is 4. The molecule has 9 heteroatoms. The Morgan fingerprint density at radius 1 is 1.21 bits per heavy atom. The number of amides is 1. The zero-order valence-electron chi connectivity index (χ0n) is 15.4. The Kier molecular flexibility index (Phi) is 5.05. The summed E-state index contributed by atoms with van der Waals surface area (Å²) in [5, 5.41) is 17.3. The Labute approximate surface area is 162 Å². The van der Waals surface area contributed by atoms with Crippen molar-refractivity contribution in [1.82, 2.24) is 14.9 Å². The van der Waals surface area contributed by atoms with Gasteiger partial charge in [-0.05, 0) is 30.4 Å². The van der Waals surface area contributed by atoms with Gasteiger partial charge in [-0.3, -0.25) is 14.9 Å². The van der Waals surface area contributed by atoms with Gasteiger partial charge in [-0.15, -0.1) is 0 Å². The predicted molar refractivity (Wildman–Crippen MR) is 104 cm³/mol. The molecule has 28 heavy (non-hydrogen) atoms. The molecule has 2 aromatic rings. The number of carbonyl (C=O) groups excluding carboxylic acids is 1. The standard InChI is InChI=1S/C19H22N6O3/c26-17-2-1-9-24(17)12-14-5-3-13(4-6-14)10-20-19-21-11-16(25(27)28)18(23-19)22-15-7-8-15/h3-6,11,15H,1-2,7-10,12H2,(H2,20,21,22,23). The van der Waals surface area contributed by atoms with E-state index in [-0.39, 0.29) is 23.5 Å². The number of hydrogen-bond acceptors (Lipinski definition) is 7. The van der Waals surface area contributed by atoms with Gasteiger partial charge in [0, 0.05) is 32.1 Å². The highest BCUT2D eigenvalue weighted by atomic mass is 16.6. The van der Waals surface area contributed by atoms with Crippen LogP contribution in [0.5, 0.6) is 0 Å². The van der Waals surface area contributed by atoms with Gasteiger partial charge in [-0.2, -0.15) is 4.98 Å². The van der Waals surface area contributed by atoms with Gasteiger partial charge in [-0.25, -0.2) is 4.98 Å². The molecule has 9 nitrogen and oxygen atoms in total. The predicted octanol–water partition coefficient (Wildman–Crippen LogP) is 2.69. The van der Waals surface area contributed by atoms with E-state index in [9.17, 15) is 14.9 Å². The van der Waals surface area contributed by atoms with E-state index in [1.54, 1.807) is 0 Å². The molecule has 0 unspecified atom stereocenters. The molecular formula is C19H22N6O3. The lowest BCUT2D eigenvalue weighted by Gasteiger charge is -2.15. The van der Waals surface area contributed by atoms with Crippen molar-refractivity contribution in [2.45, 2.75) is 44.8 Å². The smallest absolute Gasteiger partial charge is 0.329 e. The lowest BCUT2D eigenvalue weighted by molar-refractivity contribution is -0.384. The molecule has 2 heterocycles. The van der Waals surface area contributed by atoms with Crippen molar-refractivity contribution in [3.63, 3.8) is 0 Å². The van der Waals surface area contributed by atoms with Crippen LogP contribution in [0.2, 0.25) is 0 Å². The summed E-state index contributed by atoms with van der Waals surface area (Å²) >= 11 is 0. The summed E-state index contributed by atoms with van der Waals surface area (Å²) in [5.74, 6) is 0.827. The van der Waals surface area contributed by atoms with Gasteiger partial charge in [0.25, 0.3) is 0 Å². The summed E-state index contributed by atoms with van der Waals surface area (Å²) in [6.45, 7) is 1.98. The number of likely N-dealkylation sites (tertiary alicyclic amines) is 1. The van der Waals surface area contributed by atoms with Gasteiger partial charge in [-0.1, -0.05) is 24.3 Å². The molecule has 1 saturated carbocycles. The molecule has 2 aliphatic rings. The van der Waals surface area contributed by atoms with Gasteiger partial charge in [0.05, 0.1) is 4.92 Å². The number of nitro groups is 1. The van der Waals surface area contributed by atoms with Crippen LogP contribution in [0, 0.1) is 10.1 Å². The van der Waals surface area contributed by atoms with Gasteiger partial charge in [0.15, 0.2) is 0 Å². The van der Waals surface area contributed by atoms with Crippen molar-refractivity contribution in [1.29, 1.82) is 0 Å². The third-order valence-electron chi connectivity index (χ3n) is 4.90. The number of carbonyl (C=O) groups is 1. The van der Waals surface area contributed by atoms with Crippen molar-refractivity contribution in [2.75, 3.05) is 17.2 Å². The summed E-state index contributed by atoms with van der Waals surface area (Å²) in [5.41, 5.74) is 2.02. The van der Waals surface area contributed by atoms with Crippen LogP contribution in [0.3, 0.4) is 0 Å². The molecule has 2 N–H and O–H groups in total. The maximum Gasteiger partial charge on any atom is 0.329 e. The first-order valence-electron chi connectivity index (χ1n) is 9.46. The fourth-order valence-electron chi connectivity index (χ4n) is 3.16. The topological polar surface area (TPSA) is 113 Å². The van der Waals surface area contributed by atoms with Crippen LogP contribution in [0.4, 0.5) is 17.5 Å². The van der Waals surface area contributed by atoms with E-state index in [1.807, 2.05) is 29.2 Å². The molecule has 1 amide bonds. The molecule has 1 saturated heterocycles. The molecule has 0 radical (unpaired) electrons. The van der Waals surface area contributed by atoms with E-state index < -0.39 is 4.92 Å². The Hall–Kier alpha value is -3.23. The van der Waals surface area contributed by atoms with Crippen molar-refractivity contribution in [3.05, 3.63) is 51.7 Å². The lowest BCUT2D eigenvalue weighted by atomic mass is 10.1. The zero-order chi connectivity index (χ0) is 19.5. The maximum atomic E-state index is 11.7. The molecule has 0 spiro atoms. The fourth-order valence-corrected chi connectivity index (χ4v) is 3.16. The first kappa shape index (κ1) is 18.1. The van der Waals surface area contributed by atoms with Crippen LogP contribution in [0.15, 0.2) is 30.5 Å². The van der Waals surface area contributed by atoms with Crippen molar-refractivity contribution >= 4 is 23.4 Å². The molecule has 1 aliphatic carbocycles. The number of rotatable bonds is 8. The van der Waals surface area contributed by atoms with Crippen molar-refractivity contribution < 1.29 is 9.72 Å². The molecule has 0 atom stereocenters. The first-order valence-corrected chi connectivity index (χ1v) is 9.46. The highest BCUT2D eigenvalue weighted by Gasteiger charge is 2.26. The maximum absolute atomic E-state index is 11.7. The van der Waals surface area contributed by atoms with Crippen LogP contribution in [-0.4, -0.2) is 38.3 Å². The number of anilines is 2. The summed E-state index contributed by atoms with van der Waals surface area (Å²) < 4.78 is 0. The second-order valence-corrected chi connectivity index (χ2v) is 7.19. The second kappa shape index (κ2) is 7.79. The van der Waals surface area contributed by atoms with Crippen LogP contribution in [0.25, 0.3) is 0 Å². The Balaban J connectivity index is 1.37.